The summed E-state index contributed by atoms with van der Waals surface area (Å²) in [4.78, 5) is 30.7. The van der Waals surface area contributed by atoms with Crippen LogP contribution < -0.4 is 11.3 Å². The molecule has 0 fully saturated rings. The largest absolute Gasteiger partial charge is 0.370 e. The molecular weight excluding hydrogens is 352 g/mol. The number of fused-ring (bicyclic) bond motifs is 1. The van der Waals surface area contributed by atoms with E-state index in [0.29, 0.717) is 29.7 Å². The molecule has 1 aromatic carbocycles. The van der Waals surface area contributed by atoms with Crippen LogP contribution in [0.1, 0.15) is 37.2 Å². The number of thioether (sulfide) groups is 1. The summed E-state index contributed by atoms with van der Waals surface area (Å²) >= 11 is 1.46. The fourth-order valence-corrected chi connectivity index (χ4v) is 3.64. The number of carbonyl (C=O) groups excluding carboxylic acids is 1. The van der Waals surface area contributed by atoms with Crippen molar-refractivity contribution in [1.29, 1.82) is 0 Å². The highest BCUT2D eigenvalue weighted by Crippen LogP contribution is 2.32. The molecule has 3 N–H and O–H groups in total. The van der Waals surface area contributed by atoms with Gasteiger partial charge in [-0.1, -0.05) is 23.9 Å². The Balaban J connectivity index is 1.85. The monoisotopic (exact) mass is 372 g/mol. The zero-order chi connectivity index (χ0) is 18.7. The smallest absolute Gasteiger partial charge is 0.258 e. The van der Waals surface area contributed by atoms with Gasteiger partial charge in [-0.25, -0.2) is 4.98 Å². The lowest BCUT2D eigenvalue weighted by Crippen LogP contribution is -2.14. The molecule has 9 heteroatoms. The molecule has 0 radical (unpaired) electrons. The molecule has 0 saturated heterocycles. The van der Waals surface area contributed by atoms with Crippen molar-refractivity contribution in [3.8, 4) is 0 Å². The van der Waals surface area contributed by atoms with E-state index < -0.39 is 0 Å². The van der Waals surface area contributed by atoms with Crippen molar-refractivity contribution in [3.05, 3.63) is 46.3 Å². The SMILES string of the molecule is CCn1c(CCC(N)=O)nnc1S[C@H](C)c1nc2ccccc2c(=O)[nH]1. The molecule has 0 aliphatic rings. The van der Waals surface area contributed by atoms with Gasteiger partial charge in [0.05, 0.1) is 16.2 Å². The minimum absolute atomic E-state index is 0.120. The van der Waals surface area contributed by atoms with Crippen LogP contribution in [0.3, 0.4) is 0 Å². The van der Waals surface area contributed by atoms with Crippen LogP contribution in [-0.2, 0) is 17.8 Å². The predicted molar refractivity (Wildman–Crippen MR) is 99.8 cm³/mol. The Labute approximate surface area is 154 Å². The number of nitrogens with two attached hydrogens (primary N) is 1. The molecule has 3 aromatic rings. The third-order valence-electron chi connectivity index (χ3n) is 4.00. The number of H-pyrrole nitrogens is 1. The van der Waals surface area contributed by atoms with E-state index in [2.05, 4.69) is 20.2 Å². The zero-order valence-electron chi connectivity index (χ0n) is 14.6. The molecule has 136 valence electrons. The normalized spacial score (nSPS) is 12.4. The molecule has 0 unspecified atom stereocenters. The van der Waals surface area contributed by atoms with E-state index in [-0.39, 0.29) is 23.1 Å². The van der Waals surface area contributed by atoms with Gasteiger partial charge in [-0.3, -0.25) is 9.59 Å². The van der Waals surface area contributed by atoms with Gasteiger partial charge in [0.1, 0.15) is 11.6 Å². The van der Waals surface area contributed by atoms with Crippen LogP contribution in [0.5, 0.6) is 0 Å². The molecule has 0 spiro atoms. The fourth-order valence-electron chi connectivity index (χ4n) is 2.65. The standard InChI is InChI=1S/C17H20N6O2S/c1-3-23-14(9-8-13(18)24)21-22-17(23)26-10(2)15-19-12-7-5-4-6-11(12)16(25)20-15/h4-7,10H,3,8-9H2,1-2H3,(H2,18,24)(H,19,20,25)/t10-/m1/s1. The maximum Gasteiger partial charge on any atom is 0.258 e. The van der Waals surface area contributed by atoms with Crippen molar-refractivity contribution in [2.24, 2.45) is 5.73 Å². The molecule has 2 aromatic heterocycles. The van der Waals surface area contributed by atoms with E-state index in [1.807, 2.05) is 36.6 Å². The van der Waals surface area contributed by atoms with Crippen molar-refractivity contribution in [1.82, 2.24) is 24.7 Å². The average Bonchev–Trinajstić information content (AvgIpc) is 3.01. The highest BCUT2D eigenvalue weighted by molar-refractivity contribution is 7.99. The molecule has 0 bridgehead atoms. The van der Waals surface area contributed by atoms with Gasteiger partial charge in [-0.05, 0) is 26.0 Å². The van der Waals surface area contributed by atoms with E-state index in [0.717, 1.165) is 11.0 Å². The zero-order valence-corrected chi connectivity index (χ0v) is 15.4. The molecule has 1 atom stereocenters. The summed E-state index contributed by atoms with van der Waals surface area (Å²) in [5.41, 5.74) is 5.72. The molecule has 0 aliphatic heterocycles. The van der Waals surface area contributed by atoms with Crippen LogP contribution in [0.25, 0.3) is 10.9 Å². The van der Waals surface area contributed by atoms with Gasteiger partial charge in [0.15, 0.2) is 5.16 Å². The number of benzene rings is 1. The number of aromatic nitrogens is 5. The van der Waals surface area contributed by atoms with Crippen LogP contribution in [0, 0.1) is 0 Å². The van der Waals surface area contributed by atoms with Gasteiger partial charge in [0, 0.05) is 19.4 Å². The van der Waals surface area contributed by atoms with Crippen molar-refractivity contribution in [2.75, 3.05) is 0 Å². The average molecular weight is 372 g/mol. The number of hydrogen-bond acceptors (Lipinski definition) is 6. The second-order valence-electron chi connectivity index (χ2n) is 5.84. The van der Waals surface area contributed by atoms with Crippen molar-refractivity contribution in [3.63, 3.8) is 0 Å². The minimum atomic E-state index is -0.365. The van der Waals surface area contributed by atoms with Crippen LogP contribution in [0.4, 0.5) is 0 Å². The number of amides is 1. The van der Waals surface area contributed by atoms with E-state index in [4.69, 9.17) is 5.73 Å². The summed E-state index contributed by atoms with van der Waals surface area (Å²) in [5.74, 6) is 0.945. The van der Waals surface area contributed by atoms with E-state index in [1.165, 1.54) is 11.8 Å². The molecule has 2 heterocycles. The number of aromatic amines is 1. The number of rotatable bonds is 7. The summed E-state index contributed by atoms with van der Waals surface area (Å²) in [5, 5.41) is 9.55. The van der Waals surface area contributed by atoms with Gasteiger partial charge in [-0.15, -0.1) is 10.2 Å². The summed E-state index contributed by atoms with van der Waals surface area (Å²) in [6.07, 6.45) is 0.689. The summed E-state index contributed by atoms with van der Waals surface area (Å²) in [7, 11) is 0. The quantitative estimate of drug-likeness (QED) is 0.610. The molecular formula is C17H20N6O2S. The van der Waals surface area contributed by atoms with Gasteiger partial charge < -0.3 is 15.3 Å². The maximum absolute atomic E-state index is 12.3. The van der Waals surface area contributed by atoms with Crippen LogP contribution >= 0.6 is 11.8 Å². The molecule has 0 aliphatic carbocycles. The Bertz CT molecular complexity index is 996. The topological polar surface area (TPSA) is 120 Å². The highest BCUT2D eigenvalue weighted by atomic mass is 32.2. The molecule has 3 rings (SSSR count). The van der Waals surface area contributed by atoms with Crippen molar-refractivity contribution >= 4 is 28.6 Å². The molecule has 8 nitrogen and oxygen atoms in total. The highest BCUT2D eigenvalue weighted by Gasteiger charge is 2.18. The predicted octanol–water partition coefficient (Wildman–Crippen LogP) is 1.81. The fraction of sp³-hybridized carbons (Fsp3) is 0.353. The van der Waals surface area contributed by atoms with Gasteiger partial charge in [0.2, 0.25) is 5.91 Å². The van der Waals surface area contributed by atoms with Crippen LogP contribution in [-0.4, -0.2) is 30.6 Å². The number of hydrogen-bond donors (Lipinski definition) is 2. The first kappa shape index (κ1) is 18.1. The summed E-state index contributed by atoms with van der Waals surface area (Å²) in [6, 6.07) is 7.24. The number of nitrogens with zero attached hydrogens (tertiary/aromatic N) is 4. The number of para-hydroxylation sites is 1. The number of primary amides is 1. The van der Waals surface area contributed by atoms with Gasteiger partial charge >= 0.3 is 0 Å². The lowest BCUT2D eigenvalue weighted by molar-refractivity contribution is -0.118. The molecule has 0 saturated carbocycles. The van der Waals surface area contributed by atoms with Gasteiger partial charge in [0.25, 0.3) is 5.56 Å². The van der Waals surface area contributed by atoms with E-state index >= 15 is 0 Å². The summed E-state index contributed by atoms with van der Waals surface area (Å²) in [6.45, 7) is 4.62. The third kappa shape index (κ3) is 3.77. The second-order valence-corrected chi connectivity index (χ2v) is 7.15. The van der Waals surface area contributed by atoms with Crippen molar-refractivity contribution < 1.29 is 4.79 Å². The summed E-state index contributed by atoms with van der Waals surface area (Å²) < 4.78 is 1.95. The Morgan fingerprint density at radius 2 is 2.12 bits per heavy atom. The van der Waals surface area contributed by atoms with E-state index in [9.17, 15) is 9.59 Å². The Hall–Kier alpha value is -2.68. The third-order valence-corrected chi connectivity index (χ3v) is 5.09. The Kier molecular flexibility index (Phi) is 5.36. The van der Waals surface area contributed by atoms with E-state index in [1.54, 1.807) is 6.07 Å². The number of aryl methyl sites for hydroxylation is 1. The van der Waals surface area contributed by atoms with Crippen LogP contribution in [0.15, 0.2) is 34.2 Å². The minimum Gasteiger partial charge on any atom is -0.370 e. The van der Waals surface area contributed by atoms with Gasteiger partial charge in [-0.2, -0.15) is 0 Å². The Morgan fingerprint density at radius 3 is 2.85 bits per heavy atom. The van der Waals surface area contributed by atoms with Crippen molar-refractivity contribution in [2.45, 2.75) is 43.6 Å². The molecule has 26 heavy (non-hydrogen) atoms. The Morgan fingerprint density at radius 1 is 1.35 bits per heavy atom. The lowest BCUT2D eigenvalue weighted by atomic mass is 10.2. The first-order chi connectivity index (χ1) is 12.5. The molecule has 1 amide bonds. The first-order valence-corrected chi connectivity index (χ1v) is 9.23. The maximum atomic E-state index is 12.3. The lowest BCUT2D eigenvalue weighted by Gasteiger charge is -2.12. The van der Waals surface area contributed by atoms with Crippen LogP contribution in [0.2, 0.25) is 0 Å². The number of nitrogens with one attached hydrogen (secondary N) is 1. The number of carbonyl (C=O) groups is 1. The first-order valence-electron chi connectivity index (χ1n) is 8.35. The second kappa shape index (κ2) is 7.69.